The van der Waals surface area contributed by atoms with E-state index in [-0.39, 0.29) is 0 Å². The second-order valence-electron chi connectivity index (χ2n) is 2.87. The maximum Gasteiger partial charge on any atom is 0.325 e. The second-order valence-corrected chi connectivity index (χ2v) is 2.87. The van der Waals surface area contributed by atoms with Crippen LogP contribution >= 0.6 is 0 Å². The van der Waals surface area contributed by atoms with Crippen molar-refractivity contribution in [3.05, 3.63) is 17.5 Å². The van der Waals surface area contributed by atoms with E-state index in [2.05, 4.69) is 5.10 Å². The molecule has 1 aromatic rings. The van der Waals surface area contributed by atoms with E-state index < -0.39 is 12.0 Å². The van der Waals surface area contributed by atoms with Crippen molar-refractivity contribution in [2.75, 3.05) is 0 Å². The van der Waals surface area contributed by atoms with E-state index >= 15 is 0 Å². The van der Waals surface area contributed by atoms with Gasteiger partial charge in [-0.1, -0.05) is 6.92 Å². The first-order valence-electron chi connectivity index (χ1n) is 4.07. The summed E-state index contributed by atoms with van der Waals surface area (Å²) < 4.78 is 1.58. The lowest BCUT2D eigenvalue weighted by atomic mass is 10.1. The maximum absolute atomic E-state index is 10.6. The molecule has 1 atom stereocenters. The molecule has 0 spiro atoms. The van der Waals surface area contributed by atoms with Crippen molar-refractivity contribution in [3.8, 4) is 0 Å². The highest BCUT2D eigenvalue weighted by Crippen LogP contribution is 2.15. The van der Waals surface area contributed by atoms with Gasteiger partial charge in [0.1, 0.15) is 6.04 Å². The number of aromatic nitrogens is 2. The Kier molecular flexibility index (Phi) is 2.67. The van der Waals surface area contributed by atoms with Crippen molar-refractivity contribution in [2.24, 2.45) is 12.8 Å². The highest BCUT2D eigenvalue weighted by Gasteiger charge is 2.19. The zero-order valence-electron chi connectivity index (χ0n) is 7.69. The van der Waals surface area contributed by atoms with Gasteiger partial charge in [0, 0.05) is 18.8 Å². The molecule has 1 heterocycles. The molecule has 72 valence electrons. The molecule has 3 N–H and O–H groups in total. The summed E-state index contributed by atoms with van der Waals surface area (Å²) in [4.78, 5) is 10.6. The van der Waals surface area contributed by atoms with Crippen LogP contribution in [0.2, 0.25) is 0 Å². The Morgan fingerprint density at radius 2 is 2.46 bits per heavy atom. The number of hydrogen-bond donors (Lipinski definition) is 2. The molecule has 0 aromatic carbocycles. The van der Waals surface area contributed by atoms with Crippen LogP contribution in [0.1, 0.15) is 24.2 Å². The van der Waals surface area contributed by atoms with Gasteiger partial charge in [-0.25, -0.2) is 0 Å². The number of aliphatic carboxylic acids is 1. The molecular weight excluding hydrogens is 170 g/mol. The minimum Gasteiger partial charge on any atom is -0.480 e. The summed E-state index contributed by atoms with van der Waals surface area (Å²) in [5, 5.41) is 12.8. The largest absolute Gasteiger partial charge is 0.480 e. The molecule has 0 aliphatic carbocycles. The Morgan fingerprint density at radius 1 is 1.85 bits per heavy atom. The van der Waals surface area contributed by atoms with E-state index in [0.717, 1.165) is 5.69 Å². The summed E-state index contributed by atoms with van der Waals surface area (Å²) in [6.45, 7) is 1.92. The molecule has 0 radical (unpaired) electrons. The number of hydrogen-bond acceptors (Lipinski definition) is 3. The van der Waals surface area contributed by atoms with Crippen LogP contribution < -0.4 is 5.73 Å². The van der Waals surface area contributed by atoms with Crippen molar-refractivity contribution in [2.45, 2.75) is 19.4 Å². The van der Waals surface area contributed by atoms with Crippen LogP contribution in [-0.2, 0) is 18.3 Å². The molecule has 0 saturated heterocycles. The third-order valence-electron chi connectivity index (χ3n) is 1.87. The van der Waals surface area contributed by atoms with Crippen molar-refractivity contribution in [3.63, 3.8) is 0 Å². The fourth-order valence-electron chi connectivity index (χ4n) is 1.22. The van der Waals surface area contributed by atoms with E-state index in [0.29, 0.717) is 12.0 Å². The van der Waals surface area contributed by atoms with Gasteiger partial charge in [0.05, 0.1) is 5.69 Å². The van der Waals surface area contributed by atoms with E-state index in [1.54, 1.807) is 17.9 Å². The van der Waals surface area contributed by atoms with Gasteiger partial charge in [-0.3, -0.25) is 9.48 Å². The molecule has 0 aliphatic heterocycles. The third kappa shape index (κ3) is 1.86. The van der Waals surface area contributed by atoms with Crippen LogP contribution in [0.3, 0.4) is 0 Å². The minimum atomic E-state index is -1.03. The molecule has 0 aliphatic rings. The molecule has 1 unspecified atom stereocenters. The molecule has 13 heavy (non-hydrogen) atoms. The lowest BCUT2D eigenvalue weighted by molar-refractivity contribution is -0.138. The standard InChI is InChI=1S/C8H13N3O2/c1-3-6-5(4-11(2)10-6)7(9)8(12)13/h4,7H,3,9H2,1-2H3,(H,12,13). The van der Waals surface area contributed by atoms with Crippen molar-refractivity contribution in [1.82, 2.24) is 9.78 Å². The summed E-state index contributed by atoms with van der Waals surface area (Å²) >= 11 is 0. The van der Waals surface area contributed by atoms with Gasteiger partial charge in [-0.05, 0) is 6.42 Å². The maximum atomic E-state index is 10.6. The van der Waals surface area contributed by atoms with Crippen LogP contribution in [0.5, 0.6) is 0 Å². The van der Waals surface area contributed by atoms with Crippen molar-refractivity contribution in [1.29, 1.82) is 0 Å². The number of nitrogens with zero attached hydrogens (tertiary/aromatic N) is 2. The van der Waals surface area contributed by atoms with Crippen molar-refractivity contribution < 1.29 is 9.90 Å². The lowest BCUT2D eigenvalue weighted by Crippen LogP contribution is -2.21. The zero-order valence-corrected chi connectivity index (χ0v) is 7.69. The summed E-state index contributed by atoms with van der Waals surface area (Å²) in [6, 6.07) is -0.969. The topological polar surface area (TPSA) is 81.1 Å². The smallest absolute Gasteiger partial charge is 0.325 e. The van der Waals surface area contributed by atoms with Crippen LogP contribution in [0.4, 0.5) is 0 Å². The number of carbonyl (C=O) groups is 1. The highest BCUT2D eigenvalue weighted by molar-refractivity contribution is 5.75. The van der Waals surface area contributed by atoms with Gasteiger partial charge in [-0.2, -0.15) is 5.10 Å². The molecule has 1 rings (SSSR count). The lowest BCUT2D eigenvalue weighted by Gasteiger charge is -2.04. The third-order valence-corrected chi connectivity index (χ3v) is 1.87. The molecule has 0 bridgehead atoms. The number of nitrogens with two attached hydrogens (primary N) is 1. The number of aryl methyl sites for hydroxylation is 2. The molecule has 5 heteroatoms. The molecule has 1 aromatic heterocycles. The average molecular weight is 183 g/mol. The van der Waals surface area contributed by atoms with E-state index in [1.165, 1.54) is 0 Å². The van der Waals surface area contributed by atoms with Crippen LogP contribution in [-0.4, -0.2) is 20.9 Å². The SMILES string of the molecule is CCc1nn(C)cc1C(N)C(=O)O. The van der Waals surface area contributed by atoms with Crippen LogP contribution in [0.15, 0.2) is 6.20 Å². The first kappa shape index (κ1) is 9.73. The van der Waals surface area contributed by atoms with Crippen LogP contribution in [0.25, 0.3) is 0 Å². The second kappa shape index (κ2) is 3.57. The highest BCUT2D eigenvalue weighted by atomic mass is 16.4. The fourth-order valence-corrected chi connectivity index (χ4v) is 1.22. The zero-order chi connectivity index (χ0) is 10.0. The Bertz CT molecular complexity index is 319. The predicted octanol–water partition coefficient (Wildman–Crippen LogP) is 0.0669. The van der Waals surface area contributed by atoms with Gasteiger partial charge >= 0.3 is 5.97 Å². The van der Waals surface area contributed by atoms with E-state index in [1.807, 2.05) is 6.92 Å². The summed E-state index contributed by atoms with van der Waals surface area (Å²) in [5.74, 6) is -1.03. The quantitative estimate of drug-likeness (QED) is 0.694. The fraction of sp³-hybridized carbons (Fsp3) is 0.500. The number of carboxylic acid groups (broad SMARTS) is 1. The number of carboxylic acids is 1. The normalized spacial score (nSPS) is 12.8. The van der Waals surface area contributed by atoms with E-state index in [9.17, 15) is 4.79 Å². The first-order chi connectivity index (χ1) is 6.06. The number of rotatable bonds is 3. The van der Waals surface area contributed by atoms with Gasteiger partial charge in [-0.15, -0.1) is 0 Å². The first-order valence-corrected chi connectivity index (χ1v) is 4.07. The molecule has 0 fully saturated rings. The minimum absolute atomic E-state index is 0.595. The monoisotopic (exact) mass is 183 g/mol. The Morgan fingerprint density at radius 3 is 2.92 bits per heavy atom. The average Bonchev–Trinajstić information content (AvgIpc) is 2.45. The molecule has 0 amide bonds. The summed E-state index contributed by atoms with van der Waals surface area (Å²) in [7, 11) is 1.75. The van der Waals surface area contributed by atoms with E-state index in [4.69, 9.17) is 10.8 Å². The van der Waals surface area contributed by atoms with Crippen LogP contribution in [0, 0.1) is 0 Å². The Balaban J connectivity index is 3.05. The molecule has 0 saturated carbocycles. The van der Waals surface area contributed by atoms with Crippen molar-refractivity contribution >= 4 is 5.97 Å². The van der Waals surface area contributed by atoms with Gasteiger partial charge in [0.25, 0.3) is 0 Å². The summed E-state index contributed by atoms with van der Waals surface area (Å²) in [5.41, 5.74) is 6.82. The van der Waals surface area contributed by atoms with Gasteiger partial charge < -0.3 is 10.8 Å². The molecular formula is C8H13N3O2. The van der Waals surface area contributed by atoms with Gasteiger partial charge in [0.15, 0.2) is 0 Å². The van der Waals surface area contributed by atoms with Gasteiger partial charge in [0.2, 0.25) is 0 Å². The predicted molar refractivity (Wildman–Crippen MR) is 47.2 cm³/mol. The summed E-state index contributed by atoms with van der Waals surface area (Å²) in [6.07, 6.45) is 2.34. The molecule has 5 nitrogen and oxygen atoms in total. The Hall–Kier alpha value is -1.36. The Labute approximate surface area is 76.2 Å².